The molecule has 6 heteroatoms. The summed E-state index contributed by atoms with van der Waals surface area (Å²) in [4.78, 5) is 26.3. The smallest absolute Gasteiger partial charge is 0.409 e. The first kappa shape index (κ1) is 15.8. The quantitative estimate of drug-likeness (QED) is 0.801. The zero-order valence-corrected chi connectivity index (χ0v) is 13.3. The lowest BCUT2D eigenvalue weighted by molar-refractivity contribution is 0.0527. The molecule has 2 rings (SSSR count). The molecule has 1 amide bonds. The van der Waals surface area contributed by atoms with Crippen LogP contribution in [0.15, 0.2) is 11.4 Å². The topological polar surface area (TPSA) is 55.8 Å². The molecule has 116 valence electrons. The van der Waals surface area contributed by atoms with Gasteiger partial charge in [0.05, 0.1) is 18.8 Å². The lowest BCUT2D eigenvalue weighted by Gasteiger charge is -2.30. The van der Waals surface area contributed by atoms with Gasteiger partial charge in [0.1, 0.15) is 0 Å². The van der Waals surface area contributed by atoms with E-state index < -0.39 is 0 Å². The average molecular weight is 311 g/mol. The number of hydrogen-bond donors (Lipinski definition) is 0. The van der Waals surface area contributed by atoms with Crippen molar-refractivity contribution >= 4 is 23.4 Å². The number of esters is 1. The summed E-state index contributed by atoms with van der Waals surface area (Å²) in [5, 5.41) is 1.85. The largest absolute Gasteiger partial charge is 0.462 e. The Morgan fingerprint density at radius 2 is 1.90 bits per heavy atom. The van der Waals surface area contributed by atoms with Crippen LogP contribution in [-0.4, -0.2) is 43.3 Å². The first-order chi connectivity index (χ1) is 10.2. The highest BCUT2D eigenvalue weighted by Crippen LogP contribution is 2.32. The minimum Gasteiger partial charge on any atom is -0.462 e. The fraction of sp³-hybridized carbons (Fsp3) is 0.600. The second kappa shape index (κ2) is 7.45. The van der Waals surface area contributed by atoms with E-state index in [0.29, 0.717) is 37.8 Å². The minimum absolute atomic E-state index is 0.227. The summed E-state index contributed by atoms with van der Waals surface area (Å²) in [5.74, 6) is 0.146. The molecule has 0 N–H and O–H groups in total. The fourth-order valence-electron chi connectivity index (χ4n) is 2.45. The third-order valence-corrected chi connectivity index (χ3v) is 4.65. The molecule has 0 aromatic carbocycles. The van der Waals surface area contributed by atoms with Crippen LogP contribution >= 0.6 is 11.3 Å². The van der Waals surface area contributed by atoms with Crippen LogP contribution in [0.1, 0.15) is 47.8 Å². The van der Waals surface area contributed by atoms with Gasteiger partial charge in [0.15, 0.2) is 0 Å². The maximum atomic E-state index is 11.7. The fourth-order valence-corrected chi connectivity index (χ4v) is 3.50. The highest BCUT2D eigenvalue weighted by molar-refractivity contribution is 7.10. The number of amides is 1. The summed E-state index contributed by atoms with van der Waals surface area (Å²) in [5.41, 5.74) is 0.629. The molecular formula is C15H21NO4S. The number of rotatable bonds is 4. The zero-order valence-electron chi connectivity index (χ0n) is 12.5. The first-order valence-electron chi connectivity index (χ1n) is 7.33. The molecule has 1 aliphatic rings. The molecule has 0 unspecified atom stereocenters. The normalized spacial score (nSPS) is 15.8. The monoisotopic (exact) mass is 311 g/mol. The van der Waals surface area contributed by atoms with Crippen molar-refractivity contribution in [3.05, 3.63) is 21.9 Å². The van der Waals surface area contributed by atoms with E-state index in [4.69, 9.17) is 9.47 Å². The van der Waals surface area contributed by atoms with E-state index in [0.717, 1.165) is 12.8 Å². The van der Waals surface area contributed by atoms with Crippen LogP contribution in [0.4, 0.5) is 4.79 Å². The van der Waals surface area contributed by atoms with E-state index >= 15 is 0 Å². The van der Waals surface area contributed by atoms with Gasteiger partial charge in [0, 0.05) is 23.3 Å². The van der Waals surface area contributed by atoms with E-state index in [2.05, 4.69) is 0 Å². The lowest BCUT2D eigenvalue weighted by Crippen LogP contribution is -2.38. The molecule has 0 spiro atoms. The van der Waals surface area contributed by atoms with Gasteiger partial charge in [-0.1, -0.05) is 0 Å². The van der Waals surface area contributed by atoms with Gasteiger partial charge >= 0.3 is 12.1 Å². The van der Waals surface area contributed by atoms with Crippen molar-refractivity contribution in [3.8, 4) is 0 Å². The molecule has 5 nitrogen and oxygen atoms in total. The number of ether oxygens (including phenoxy) is 2. The summed E-state index contributed by atoms with van der Waals surface area (Å²) >= 11 is 1.59. The second-order valence-corrected chi connectivity index (χ2v) is 5.86. The van der Waals surface area contributed by atoms with Gasteiger partial charge in [-0.25, -0.2) is 9.59 Å². The second-order valence-electron chi connectivity index (χ2n) is 4.92. The van der Waals surface area contributed by atoms with E-state index in [1.807, 2.05) is 18.4 Å². The molecule has 0 atom stereocenters. The predicted octanol–water partition coefficient (Wildman–Crippen LogP) is 3.26. The van der Waals surface area contributed by atoms with Crippen LogP contribution in [0.25, 0.3) is 0 Å². The number of carbonyl (C=O) groups excluding carboxylic acids is 2. The predicted molar refractivity (Wildman–Crippen MR) is 80.8 cm³/mol. The van der Waals surface area contributed by atoms with Crippen molar-refractivity contribution in [2.24, 2.45) is 0 Å². The van der Waals surface area contributed by atoms with Crippen molar-refractivity contribution in [1.82, 2.24) is 4.90 Å². The first-order valence-corrected chi connectivity index (χ1v) is 8.20. The molecule has 1 aliphatic heterocycles. The Hall–Kier alpha value is -1.56. The average Bonchev–Trinajstić information content (AvgIpc) is 2.98. The maximum Gasteiger partial charge on any atom is 0.409 e. The molecular weight excluding hydrogens is 290 g/mol. The number of piperidine rings is 1. The summed E-state index contributed by atoms with van der Waals surface area (Å²) < 4.78 is 10.0. The van der Waals surface area contributed by atoms with Crippen molar-refractivity contribution in [1.29, 1.82) is 0 Å². The summed E-state index contributed by atoms with van der Waals surface area (Å²) in [6.45, 7) is 5.82. The molecule has 1 aromatic heterocycles. The number of nitrogens with zero attached hydrogens (tertiary/aromatic N) is 1. The van der Waals surface area contributed by atoms with E-state index in [9.17, 15) is 9.59 Å². The Bertz CT molecular complexity index is 492. The van der Waals surface area contributed by atoms with Gasteiger partial charge in [0.2, 0.25) is 0 Å². The van der Waals surface area contributed by atoms with Crippen LogP contribution in [-0.2, 0) is 9.47 Å². The van der Waals surface area contributed by atoms with Crippen LogP contribution in [0.5, 0.6) is 0 Å². The number of carbonyl (C=O) groups is 2. The Morgan fingerprint density at radius 1 is 1.24 bits per heavy atom. The molecule has 1 saturated heterocycles. The Balaban J connectivity index is 1.90. The summed E-state index contributed by atoms with van der Waals surface area (Å²) in [6, 6.07) is 1.92. The van der Waals surface area contributed by atoms with Crippen molar-refractivity contribution in [3.63, 3.8) is 0 Å². The zero-order chi connectivity index (χ0) is 15.2. The molecule has 1 fully saturated rings. The van der Waals surface area contributed by atoms with Gasteiger partial charge in [-0.15, -0.1) is 11.3 Å². The van der Waals surface area contributed by atoms with Crippen LogP contribution in [0, 0.1) is 0 Å². The van der Waals surface area contributed by atoms with Gasteiger partial charge in [-0.3, -0.25) is 0 Å². The molecule has 0 aliphatic carbocycles. The molecule has 2 heterocycles. The Labute approximate surface area is 128 Å². The van der Waals surface area contributed by atoms with Gasteiger partial charge in [-0.05, 0) is 38.7 Å². The summed E-state index contributed by atoms with van der Waals surface area (Å²) in [7, 11) is 0. The van der Waals surface area contributed by atoms with Crippen LogP contribution < -0.4 is 0 Å². The third-order valence-electron chi connectivity index (χ3n) is 3.55. The van der Waals surface area contributed by atoms with Gasteiger partial charge in [0.25, 0.3) is 0 Å². The standard InChI is InChI=1S/C15H21NO4S/c1-3-19-14(17)12-9-13(21-10-12)11-5-7-16(8-6-11)15(18)20-4-2/h9-11H,3-8H2,1-2H3. The molecule has 0 bridgehead atoms. The van der Waals surface area contributed by atoms with Crippen molar-refractivity contribution in [2.45, 2.75) is 32.6 Å². The molecule has 1 aromatic rings. The van der Waals surface area contributed by atoms with Crippen molar-refractivity contribution < 1.29 is 19.1 Å². The molecule has 0 radical (unpaired) electrons. The highest BCUT2D eigenvalue weighted by Gasteiger charge is 2.26. The Morgan fingerprint density at radius 3 is 2.52 bits per heavy atom. The van der Waals surface area contributed by atoms with Crippen LogP contribution in [0.3, 0.4) is 0 Å². The van der Waals surface area contributed by atoms with E-state index in [-0.39, 0.29) is 12.1 Å². The van der Waals surface area contributed by atoms with Crippen LogP contribution in [0.2, 0.25) is 0 Å². The number of hydrogen-bond acceptors (Lipinski definition) is 5. The summed E-state index contributed by atoms with van der Waals surface area (Å²) in [6.07, 6.45) is 1.58. The highest BCUT2D eigenvalue weighted by atomic mass is 32.1. The maximum absolute atomic E-state index is 11.7. The van der Waals surface area contributed by atoms with Gasteiger partial charge in [-0.2, -0.15) is 0 Å². The molecule has 21 heavy (non-hydrogen) atoms. The van der Waals surface area contributed by atoms with E-state index in [1.54, 1.807) is 23.2 Å². The minimum atomic E-state index is -0.260. The van der Waals surface area contributed by atoms with Gasteiger partial charge < -0.3 is 14.4 Å². The number of likely N-dealkylation sites (tertiary alicyclic amines) is 1. The SMILES string of the molecule is CCOC(=O)c1csc(C2CCN(C(=O)OCC)CC2)c1. The third kappa shape index (κ3) is 3.97. The number of thiophene rings is 1. The lowest BCUT2D eigenvalue weighted by atomic mass is 9.95. The molecule has 0 saturated carbocycles. The Kier molecular flexibility index (Phi) is 5.61. The van der Waals surface area contributed by atoms with E-state index in [1.165, 1.54) is 4.88 Å². The van der Waals surface area contributed by atoms with Crippen molar-refractivity contribution in [2.75, 3.05) is 26.3 Å².